The number of hydrogen-bond acceptors (Lipinski definition) is 5. The van der Waals surface area contributed by atoms with Crippen LogP contribution >= 0.6 is 24.0 Å². The number of likely N-dealkylation sites (tertiary alicyclic amines) is 1. The molecule has 1 saturated heterocycles. The molecule has 26 heavy (non-hydrogen) atoms. The van der Waals surface area contributed by atoms with Crippen LogP contribution in [0.25, 0.3) is 0 Å². The van der Waals surface area contributed by atoms with Crippen molar-refractivity contribution < 1.29 is 8.42 Å². The van der Waals surface area contributed by atoms with Gasteiger partial charge in [-0.3, -0.25) is 10.1 Å². The summed E-state index contributed by atoms with van der Waals surface area (Å²) in [6.07, 6.45) is 3.49. The number of rotatable bonds is 5. The topological polar surface area (TPSA) is 103 Å². The van der Waals surface area contributed by atoms with Crippen molar-refractivity contribution in [2.45, 2.75) is 51.2 Å². The van der Waals surface area contributed by atoms with Crippen molar-refractivity contribution in [1.82, 2.24) is 25.4 Å². The number of aromatic nitrogens is 3. The van der Waals surface area contributed by atoms with E-state index in [-0.39, 0.29) is 36.3 Å². The molecule has 0 atom stereocenters. The summed E-state index contributed by atoms with van der Waals surface area (Å²) in [7, 11) is -3.15. The second-order valence-corrected chi connectivity index (χ2v) is 10.2. The van der Waals surface area contributed by atoms with E-state index < -0.39 is 14.6 Å². The fraction of sp³-hybridized carbons (Fsp3) is 0.812. The van der Waals surface area contributed by atoms with Gasteiger partial charge in [0.25, 0.3) is 0 Å². The van der Waals surface area contributed by atoms with E-state index in [0.717, 1.165) is 44.3 Å². The molecule has 0 radical (unpaired) electrons. The first-order valence-corrected chi connectivity index (χ1v) is 10.5. The maximum Gasteiger partial charge on any atom is 0.193 e. The van der Waals surface area contributed by atoms with Crippen molar-refractivity contribution in [1.29, 1.82) is 0 Å². The molecule has 10 heteroatoms. The third-order valence-electron chi connectivity index (χ3n) is 4.50. The number of sulfone groups is 1. The molecule has 2 N–H and O–H groups in total. The molecular weight excluding hydrogens is 467 g/mol. The SMILES string of the molecule is CCNC(=NCCS(=O)(=O)C(C)(C)C)N1CCC(c2ncn[nH]2)CC1.I. The average molecular weight is 498 g/mol. The van der Waals surface area contributed by atoms with Crippen LogP contribution in [0.15, 0.2) is 11.3 Å². The number of guanidine groups is 1. The number of halogens is 1. The molecule has 1 aliphatic heterocycles. The third-order valence-corrected chi connectivity index (χ3v) is 7.09. The maximum absolute atomic E-state index is 12.2. The lowest BCUT2D eigenvalue weighted by atomic mass is 9.96. The summed E-state index contributed by atoms with van der Waals surface area (Å²) in [4.78, 5) is 11.0. The third kappa shape index (κ3) is 6.07. The molecule has 2 rings (SSSR count). The average Bonchev–Trinajstić information content (AvgIpc) is 3.07. The lowest BCUT2D eigenvalue weighted by Crippen LogP contribution is -2.45. The Balaban J connectivity index is 0.00000338. The molecule has 150 valence electrons. The molecular formula is C16H31IN6O2S. The Bertz CT molecular complexity index is 661. The zero-order valence-electron chi connectivity index (χ0n) is 16.0. The first kappa shape index (κ1) is 23.1. The fourth-order valence-corrected chi connectivity index (χ4v) is 3.72. The molecule has 0 amide bonds. The number of hydrogen-bond donors (Lipinski definition) is 2. The number of nitrogens with zero attached hydrogens (tertiary/aromatic N) is 4. The quantitative estimate of drug-likeness (QED) is 0.365. The second kappa shape index (κ2) is 9.86. The van der Waals surface area contributed by atoms with Gasteiger partial charge in [0.1, 0.15) is 12.2 Å². The van der Waals surface area contributed by atoms with Gasteiger partial charge in [-0.15, -0.1) is 24.0 Å². The standard InChI is InChI=1S/C16H30N6O2S.HI/c1-5-17-15(18-8-11-25(23,24)16(2,3)4)22-9-6-13(7-10-22)14-19-12-20-21-14;/h12-13H,5-11H2,1-4H3,(H,17,18)(H,19,20,21);1H. The van der Waals surface area contributed by atoms with Crippen molar-refractivity contribution in [2.24, 2.45) is 4.99 Å². The predicted octanol–water partition coefficient (Wildman–Crippen LogP) is 1.78. The Morgan fingerprint density at radius 1 is 1.38 bits per heavy atom. The van der Waals surface area contributed by atoms with Gasteiger partial charge >= 0.3 is 0 Å². The van der Waals surface area contributed by atoms with Crippen LogP contribution in [0.4, 0.5) is 0 Å². The van der Waals surface area contributed by atoms with E-state index in [1.54, 1.807) is 27.1 Å². The van der Waals surface area contributed by atoms with Crippen LogP contribution in [-0.4, -0.2) is 71.1 Å². The van der Waals surface area contributed by atoms with Crippen molar-refractivity contribution in [3.63, 3.8) is 0 Å². The van der Waals surface area contributed by atoms with E-state index >= 15 is 0 Å². The van der Waals surface area contributed by atoms with Gasteiger partial charge in [-0.25, -0.2) is 13.4 Å². The monoisotopic (exact) mass is 498 g/mol. The van der Waals surface area contributed by atoms with Gasteiger partial charge in [-0.05, 0) is 40.5 Å². The van der Waals surface area contributed by atoms with Crippen molar-refractivity contribution in [3.05, 3.63) is 12.2 Å². The number of aliphatic imine (C=N–C) groups is 1. The van der Waals surface area contributed by atoms with Crippen LogP contribution in [0, 0.1) is 0 Å². The van der Waals surface area contributed by atoms with Gasteiger partial charge in [0.15, 0.2) is 15.8 Å². The van der Waals surface area contributed by atoms with Crippen LogP contribution in [0.2, 0.25) is 0 Å². The minimum Gasteiger partial charge on any atom is -0.357 e. The molecule has 0 spiro atoms. The van der Waals surface area contributed by atoms with Gasteiger partial charge in [-0.1, -0.05) is 0 Å². The summed E-state index contributed by atoms with van der Waals surface area (Å²) in [6.45, 7) is 9.97. The molecule has 1 aromatic rings. The first-order chi connectivity index (χ1) is 11.7. The van der Waals surface area contributed by atoms with Crippen LogP contribution in [0.5, 0.6) is 0 Å². The van der Waals surface area contributed by atoms with E-state index in [0.29, 0.717) is 5.92 Å². The van der Waals surface area contributed by atoms with E-state index in [4.69, 9.17) is 0 Å². The molecule has 1 aromatic heterocycles. The highest BCUT2D eigenvalue weighted by atomic mass is 127. The Morgan fingerprint density at radius 3 is 2.54 bits per heavy atom. The highest BCUT2D eigenvalue weighted by Gasteiger charge is 2.28. The summed E-state index contributed by atoms with van der Waals surface area (Å²) < 4.78 is 23.7. The van der Waals surface area contributed by atoms with Crippen molar-refractivity contribution in [2.75, 3.05) is 31.9 Å². The molecule has 0 saturated carbocycles. The van der Waals surface area contributed by atoms with Crippen molar-refractivity contribution >= 4 is 39.8 Å². The number of piperidine rings is 1. The summed E-state index contributed by atoms with van der Waals surface area (Å²) in [5.41, 5.74) is 0. The number of aromatic amines is 1. The minimum absolute atomic E-state index is 0. The van der Waals surface area contributed by atoms with Gasteiger partial charge in [0, 0.05) is 25.6 Å². The van der Waals surface area contributed by atoms with E-state index in [1.807, 2.05) is 6.92 Å². The molecule has 0 aromatic carbocycles. The second-order valence-electron chi connectivity index (χ2n) is 7.30. The molecule has 1 aliphatic rings. The lowest BCUT2D eigenvalue weighted by Gasteiger charge is -2.33. The summed E-state index contributed by atoms with van der Waals surface area (Å²) in [6, 6.07) is 0. The molecule has 0 unspecified atom stereocenters. The summed E-state index contributed by atoms with van der Waals surface area (Å²) in [5, 5.41) is 10.1. The van der Waals surface area contributed by atoms with Crippen LogP contribution < -0.4 is 5.32 Å². The Morgan fingerprint density at radius 2 is 2.04 bits per heavy atom. The fourth-order valence-electron chi connectivity index (χ4n) is 2.78. The molecule has 2 heterocycles. The van der Waals surface area contributed by atoms with E-state index in [1.165, 1.54) is 0 Å². The molecule has 0 bridgehead atoms. The molecule has 8 nitrogen and oxygen atoms in total. The highest BCUT2D eigenvalue weighted by molar-refractivity contribution is 14.0. The summed E-state index contributed by atoms with van der Waals surface area (Å²) in [5.74, 6) is 2.20. The number of H-pyrrole nitrogens is 1. The Labute approximate surface area is 173 Å². The van der Waals surface area contributed by atoms with Crippen LogP contribution in [0.1, 0.15) is 52.3 Å². The maximum atomic E-state index is 12.2. The Hall–Kier alpha value is -0.910. The zero-order chi connectivity index (χ0) is 18.5. The van der Waals surface area contributed by atoms with Gasteiger partial charge in [0.05, 0.1) is 17.0 Å². The molecule has 0 aliphatic carbocycles. The minimum atomic E-state index is -3.15. The largest absolute Gasteiger partial charge is 0.357 e. The van der Waals surface area contributed by atoms with Gasteiger partial charge in [0.2, 0.25) is 0 Å². The van der Waals surface area contributed by atoms with Gasteiger partial charge < -0.3 is 10.2 Å². The lowest BCUT2D eigenvalue weighted by molar-refractivity contribution is 0.299. The van der Waals surface area contributed by atoms with Gasteiger partial charge in [-0.2, -0.15) is 5.10 Å². The number of nitrogens with one attached hydrogen (secondary N) is 2. The predicted molar refractivity (Wildman–Crippen MR) is 115 cm³/mol. The normalized spacial score (nSPS) is 17.1. The summed E-state index contributed by atoms with van der Waals surface area (Å²) >= 11 is 0. The zero-order valence-corrected chi connectivity index (χ0v) is 19.2. The Kier molecular flexibility index (Phi) is 8.77. The first-order valence-electron chi connectivity index (χ1n) is 8.85. The van der Waals surface area contributed by atoms with E-state index in [9.17, 15) is 8.42 Å². The van der Waals surface area contributed by atoms with Crippen molar-refractivity contribution in [3.8, 4) is 0 Å². The molecule has 1 fully saturated rings. The van der Waals surface area contributed by atoms with Crippen LogP contribution in [0.3, 0.4) is 0 Å². The van der Waals surface area contributed by atoms with Crippen LogP contribution in [-0.2, 0) is 9.84 Å². The van der Waals surface area contributed by atoms with E-state index in [2.05, 4.69) is 30.4 Å². The highest BCUT2D eigenvalue weighted by Crippen LogP contribution is 2.25. The smallest absolute Gasteiger partial charge is 0.193 e.